The number of aliphatic hydroxyl groups is 2. The Bertz CT molecular complexity index is 1490. The molecule has 2 aromatic rings. The van der Waals surface area contributed by atoms with Crippen LogP contribution in [0, 0.1) is 5.92 Å². The van der Waals surface area contributed by atoms with Crippen molar-refractivity contribution in [2.75, 3.05) is 54.2 Å². The number of hydrogen-bond donors (Lipinski definition) is 3. The van der Waals surface area contributed by atoms with Gasteiger partial charge in [-0.15, -0.1) is 6.58 Å². The molecule has 0 saturated carbocycles. The number of piperidine rings is 1. The highest BCUT2D eigenvalue weighted by atomic mass is 16.3. The number of benzene rings is 2. The molecule has 3 amide bonds. The average Bonchev–Trinajstić information content (AvgIpc) is 3.72. The number of carbonyl (C=O) groups is 3. The van der Waals surface area contributed by atoms with Gasteiger partial charge in [0, 0.05) is 42.4 Å². The minimum Gasteiger partial charge on any atom is -0.394 e. The molecule has 3 saturated heterocycles. The van der Waals surface area contributed by atoms with Crippen LogP contribution in [0.25, 0.3) is 0 Å². The van der Waals surface area contributed by atoms with Gasteiger partial charge in [0.2, 0.25) is 5.91 Å². The molecule has 4 aliphatic heterocycles. The van der Waals surface area contributed by atoms with Crippen molar-refractivity contribution in [3.8, 4) is 0 Å². The lowest BCUT2D eigenvalue weighted by atomic mass is 9.82. The van der Waals surface area contributed by atoms with E-state index in [1.165, 1.54) is 4.90 Å². The van der Waals surface area contributed by atoms with Crippen LogP contribution in [0.3, 0.4) is 0 Å². The van der Waals surface area contributed by atoms with Crippen LogP contribution >= 0.6 is 0 Å². The van der Waals surface area contributed by atoms with E-state index in [1.807, 2.05) is 36.4 Å². The first-order valence-electron chi connectivity index (χ1n) is 16.0. The standard InChI is InChI=1S/C35H43N5O5/c1-3-20-38-30-15-14-27(39-24-40(26-10-5-4-6-11-26)34(32(39)43)16-18-36-19-17-34)22-29(30)35(45,33(38)44)25(2)9-7-13-31(42)37-21-8-12-28(37)23-41/h3-7,9-11,14-15,22,25,28,36,41,45H,1,8,12-13,16-21,23-24H2,2H3/b9-7+/t25-,28+,35+/m1/s1. The van der Waals surface area contributed by atoms with Gasteiger partial charge in [-0.05, 0) is 69.1 Å². The Labute approximate surface area is 264 Å². The van der Waals surface area contributed by atoms with Crippen molar-refractivity contribution < 1.29 is 24.6 Å². The third-order valence-electron chi connectivity index (χ3n) is 10.1. The van der Waals surface area contributed by atoms with Crippen molar-refractivity contribution in [2.45, 2.75) is 56.2 Å². The van der Waals surface area contributed by atoms with Crippen LogP contribution in [-0.2, 0) is 20.0 Å². The van der Waals surface area contributed by atoms with E-state index in [1.54, 1.807) is 47.1 Å². The average molecular weight is 614 g/mol. The minimum absolute atomic E-state index is 0.0122. The second kappa shape index (κ2) is 12.4. The maximum Gasteiger partial charge on any atom is 0.264 e. The number of nitrogens with one attached hydrogen (secondary N) is 1. The summed E-state index contributed by atoms with van der Waals surface area (Å²) in [5, 5.41) is 25.2. The van der Waals surface area contributed by atoms with Crippen LogP contribution in [0.15, 0.2) is 73.3 Å². The summed E-state index contributed by atoms with van der Waals surface area (Å²) in [7, 11) is 0. The summed E-state index contributed by atoms with van der Waals surface area (Å²) in [4.78, 5) is 48.2. The van der Waals surface area contributed by atoms with Gasteiger partial charge < -0.3 is 30.2 Å². The lowest BCUT2D eigenvalue weighted by Gasteiger charge is -2.39. The van der Waals surface area contributed by atoms with Crippen molar-refractivity contribution >= 4 is 34.8 Å². The van der Waals surface area contributed by atoms with Gasteiger partial charge in [-0.25, -0.2) is 0 Å². The molecule has 3 atom stereocenters. The number of hydrogen-bond acceptors (Lipinski definition) is 7. The molecule has 0 radical (unpaired) electrons. The number of amides is 3. The van der Waals surface area contributed by atoms with Crippen LogP contribution in [0.2, 0.25) is 0 Å². The number of nitrogens with zero attached hydrogens (tertiary/aromatic N) is 4. The van der Waals surface area contributed by atoms with Crippen molar-refractivity contribution in [1.82, 2.24) is 10.2 Å². The largest absolute Gasteiger partial charge is 0.394 e. The van der Waals surface area contributed by atoms with Gasteiger partial charge in [-0.1, -0.05) is 43.4 Å². The zero-order chi connectivity index (χ0) is 31.8. The molecule has 0 unspecified atom stereocenters. The second-order valence-electron chi connectivity index (χ2n) is 12.6. The Hall–Kier alpha value is -3.99. The summed E-state index contributed by atoms with van der Waals surface area (Å²) in [6, 6.07) is 15.3. The topological polar surface area (TPSA) is 117 Å². The number of fused-ring (bicyclic) bond motifs is 1. The zero-order valence-electron chi connectivity index (χ0n) is 25.9. The number of rotatable bonds is 9. The maximum absolute atomic E-state index is 14.3. The van der Waals surface area contributed by atoms with Crippen LogP contribution in [0.5, 0.6) is 0 Å². The molecule has 4 heterocycles. The van der Waals surface area contributed by atoms with Crippen LogP contribution in [-0.4, -0.2) is 83.9 Å². The Morgan fingerprint density at radius 1 is 1.11 bits per heavy atom. The molecule has 0 aromatic heterocycles. The minimum atomic E-state index is -1.90. The monoisotopic (exact) mass is 613 g/mol. The van der Waals surface area contributed by atoms with Crippen molar-refractivity contribution in [3.05, 3.63) is 78.9 Å². The molecule has 0 bridgehead atoms. The molecular weight excluding hydrogens is 570 g/mol. The Morgan fingerprint density at radius 3 is 2.58 bits per heavy atom. The number of anilines is 3. The van der Waals surface area contributed by atoms with E-state index >= 15 is 0 Å². The van der Waals surface area contributed by atoms with Gasteiger partial charge in [-0.3, -0.25) is 19.3 Å². The fourth-order valence-electron chi connectivity index (χ4n) is 7.56. The maximum atomic E-state index is 14.3. The number of carbonyl (C=O) groups excluding carboxylic acids is 3. The third kappa shape index (κ3) is 5.14. The van der Waals surface area contributed by atoms with Crippen molar-refractivity contribution in [2.24, 2.45) is 5.92 Å². The molecule has 238 valence electrons. The first-order chi connectivity index (χ1) is 21.8. The van der Waals surface area contributed by atoms with Crippen molar-refractivity contribution in [1.29, 1.82) is 0 Å². The highest BCUT2D eigenvalue weighted by Gasteiger charge is 2.55. The van der Waals surface area contributed by atoms with Gasteiger partial charge in [0.25, 0.3) is 11.8 Å². The summed E-state index contributed by atoms with van der Waals surface area (Å²) in [5.74, 6) is -1.21. The number of likely N-dealkylation sites (tertiary alicyclic amines) is 1. The smallest absolute Gasteiger partial charge is 0.264 e. The van der Waals surface area contributed by atoms with E-state index in [-0.39, 0.29) is 37.4 Å². The molecule has 1 spiro atoms. The lowest BCUT2D eigenvalue weighted by molar-refractivity contribution is -0.139. The fourth-order valence-corrected chi connectivity index (χ4v) is 7.56. The van der Waals surface area contributed by atoms with Gasteiger partial charge in [0.1, 0.15) is 5.54 Å². The summed E-state index contributed by atoms with van der Waals surface area (Å²) >= 11 is 0. The molecule has 0 aliphatic carbocycles. The van der Waals surface area contributed by atoms with E-state index in [0.29, 0.717) is 43.0 Å². The van der Waals surface area contributed by atoms with E-state index in [2.05, 4.69) is 16.8 Å². The molecular formula is C35H43N5O5. The quantitative estimate of drug-likeness (QED) is 0.373. The Morgan fingerprint density at radius 2 is 1.87 bits per heavy atom. The molecule has 6 rings (SSSR count). The number of para-hydroxylation sites is 1. The molecule has 4 aliphatic rings. The zero-order valence-corrected chi connectivity index (χ0v) is 25.9. The first-order valence-corrected chi connectivity index (χ1v) is 16.0. The van der Waals surface area contributed by atoms with E-state index in [9.17, 15) is 24.6 Å². The third-order valence-corrected chi connectivity index (χ3v) is 10.1. The summed E-state index contributed by atoms with van der Waals surface area (Å²) in [6.07, 6.45) is 8.16. The summed E-state index contributed by atoms with van der Waals surface area (Å²) in [6.45, 7) is 8.19. The predicted octanol–water partition coefficient (Wildman–Crippen LogP) is 2.91. The van der Waals surface area contributed by atoms with Gasteiger partial charge in [0.05, 0.1) is 25.0 Å². The molecule has 2 aromatic carbocycles. The molecule has 10 heteroatoms. The van der Waals surface area contributed by atoms with E-state index < -0.39 is 23.0 Å². The highest BCUT2D eigenvalue weighted by Crippen LogP contribution is 2.48. The van der Waals surface area contributed by atoms with E-state index in [0.717, 1.165) is 31.6 Å². The van der Waals surface area contributed by atoms with Gasteiger partial charge in [-0.2, -0.15) is 0 Å². The second-order valence-corrected chi connectivity index (χ2v) is 12.6. The van der Waals surface area contributed by atoms with Crippen LogP contribution in [0.1, 0.15) is 44.6 Å². The molecule has 3 N–H and O–H groups in total. The molecule has 10 nitrogen and oxygen atoms in total. The lowest BCUT2D eigenvalue weighted by Crippen LogP contribution is -2.55. The van der Waals surface area contributed by atoms with E-state index in [4.69, 9.17) is 0 Å². The van der Waals surface area contributed by atoms with Crippen LogP contribution in [0.4, 0.5) is 17.1 Å². The Kier molecular flexibility index (Phi) is 8.56. The van der Waals surface area contributed by atoms with Gasteiger partial charge in [0.15, 0.2) is 5.60 Å². The van der Waals surface area contributed by atoms with Gasteiger partial charge >= 0.3 is 0 Å². The normalized spacial score (nSPS) is 25.1. The molecule has 45 heavy (non-hydrogen) atoms. The van der Waals surface area contributed by atoms with Crippen LogP contribution < -0.4 is 20.0 Å². The SMILES string of the molecule is C=CCN1C(=O)[C@](O)([C@H](C)/C=C/CC(=O)N2CCC[C@H]2CO)c2cc(N3CN(c4ccccc4)C4(CCNCC4)C3=O)ccc21. The highest BCUT2D eigenvalue weighted by molar-refractivity contribution is 6.10. The fraction of sp³-hybridized carbons (Fsp3) is 0.457. The Balaban J connectivity index is 1.31. The first kappa shape index (κ1) is 31.0. The predicted molar refractivity (Wildman–Crippen MR) is 174 cm³/mol. The summed E-state index contributed by atoms with van der Waals surface area (Å²) in [5.41, 5.74) is 0.0299. The van der Waals surface area contributed by atoms with Crippen molar-refractivity contribution in [3.63, 3.8) is 0 Å². The summed E-state index contributed by atoms with van der Waals surface area (Å²) < 4.78 is 0. The number of aliphatic hydroxyl groups excluding tert-OH is 1. The molecule has 3 fully saturated rings.